The van der Waals surface area contributed by atoms with Gasteiger partial charge in [0.05, 0.1) is 17.1 Å². The van der Waals surface area contributed by atoms with Crippen molar-refractivity contribution >= 4 is 22.9 Å². The second-order valence-corrected chi connectivity index (χ2v) is 3.68. The van der Waals surface area contributed by atoms with E-state index in [1.807, 2.05) is 24.3 Å². The van der Waals surface area contributed by atoms with Crippen molar-refractivity contribution in [2.24, 2.45) is 0 Å². The van der Waals surface area contributed by atoms with Crippen LogP contribution in [0.4, 0.5) is 11.9 Å². The lowest BCUT2D eigenvalue weighted by Gasteiger charge is -2.00. The van der Waals surface area contributed by atoms with Crippen LogP contribution in [0, 0.1) is 0 Å². The number of rotatable bonds is 2. The number of aromatic hydroxyl groups is 1. The van der Waals surface area contributed by atoms with Crippen molar-refractivity contribution < 1.29 is 5.11 Å². The Morgan fingerprint density at radius 3 is 2.67 bits per heavy atom. The van der Waals surface area contributed by atoms with E-state index in [-0.39, 0.29) is 11.8 Å². The van der Waals surface area contributed by atoms with Crippen LogP contribution in [-0.2, 0) is 0 Å². The van der Waals surface area contributed by atoms with Crippen LogP contribution < -0.4 is 10.9 Å². The molecule has 0 radical (unpaired) electrons. The van der Waals surface area contributed by atoms with Gasteiger partial charge in [-0.3, -0.25) is 15.1 Å². The van der Waals surface area contributed by atoms with Crippen LogP contribution in [0.2, 0.25) is 0 Å². The van der Waals surface area contributed by atoms with Crippen LogP contribution in [0.15, 0.2) is 35.1 Å². The number of H-pyrrole nitrogens is 2. The number of nitrogens with zero attached hydrogens (tertiary/aromatic N) is 2. The number of nitrogens with one attached hydrogen (secondary N) is 3. The number of anilines is 2. The van der Waals surface area contributed by atoms with Crippen molar-refractivity contribution in [2.45, 2.75) is 0 Å². The normalized spacial score (nSPS) is 10.7. The molecule has 90 valence electrons. The minimum atomic E-state index is -0.443. The lowest BCUT2D eigenvalue weighted by atomic mass is 10.3. The minimum absolute atomic E-state index is 0.124. The number of aromatic amines is 2. The third-order valence-electron chi connectivity index (χ3n) is 2.35. The summed E-state index contributed by atoms with van der Waals surface area (Å²) in [5.41, 5.74) is 1.21. The first-order valence-electron chi connectivity index (χ1n) is 5.23. The monoisotopic (exact) mass is 243 g/mol. The number of benzene rings is 1. The molecular formula is C11H9N5O2. The summed E-state index contributed by atoms with van der Waals surface area (Å²) in [4.78, 5) is 24.6. The number of imidazole rings is 1. The summed E-state index contributed by atoms with van der Waals surface area (Å²) in [5, 5.41) is 12.0. The largest absolute Gasteiger partial charge is 0.493 e. The zero-order valence-electron chi connectivity index (χ0n) is 9.14. The average Bonchev–Trinajstić information content (AvgIpc) is 2.69. The van der Waals surface area contributed by atoms with Crippen LogP contribution >= 0.6 is 0 Å². The Morgan fingerprint density at radius 2 is 1.89 bits per heavy atom. The van der Waals surface area contributed by atoms with Gasteiger partial charge >= 0.3 is 0 Å². The molecule has 3 rings (SSSR count). The highest BCUT2D eigenvalue weighted by atomic mass is 16.3. The Kier molecular flexibility index (Phi) is 2.23. The SMILES string of the molecule is O=c1cc(O)nc(Nc2nc3ccccc3[nH]2)[nH]1. The maximum Gasteiger partial charge on any atom is 0.256 e. The molecule has 0 atom stereocenters. The molecule has 0 unspecified atom stereocenters. The van der Waals surface area contributed by atoms with E-state index in [4.69, 9.17) is 0 Å². The van der Waals surface area contributed by atoms with Crippen molar-refractivity contribution in [3.8, 4) is 5.88 Å². The zero-order chi connectivity index (χ0) is 12.5. The van der Waals surface area contributed by atoms with Crippen molar-refractivity contribution in [2.75, 3.05) is 5.32 Å². The van der Waals surface area contributed by atoms with Crippen LogP contribution in [0.25, 0.3) is 11.0 Å². The van der Waals surface area contributed by atoms with Crippen molar-refractivity contribution in [1.29, 1.82) is 0 Å². The van der Waals surface area contributed by atoms with Gasteiger partial charge in [-0.15, -0.1) is 0 Å². The van der Waals surface area contributed by atoms with Gasteiger partial charge in [0.25, 0.3) is 5.56 Å². The van der Waals surface area contributed by atoms with E-state index < -0.39 is 5.56 Å². The second-order valence-electron chi connectivity index (χ2n) is 3.68. The highest BCUT2D eigenvalue weighted by Crippen LogP contribution is 2.15. The van der Waals surface area contributed by atoms with E-state index in [0.717, 1.165) is 17.1 Å². The summed E-state index contributed by atoms with van der Waals surface area (Å²) in [5.74, 6) is 0.210. The highest BCUT2D eigenvalue weighted by Gasteiger charge is 2.04. The minimum Gasteiger partial charge on any atom is -0.493 e. The van der Waals surface area contributed by atoms with E-state index in [0.29, 0.717) is 5.95 Å². The third-order valence-corrected chi connectivity index (χ3v) is 2.35. The molecule has 0 saturated heterocycles. The first kappa shape index (κ1) is 10.3. The Balaban J connectivity index is 1.98. The fourth-order valence-corrected chi connectivity index (χ4v) is 1.63. The van der Waals surface area contributed by atoms with Crippen LogP contribution in [-0.4, -0.2) is 25.0 Å². The van der Waals surface area contributed by atoms with Gasteiger partial charge in [0, 0.05) is 0 Å². The maximum atomic E-state index is 11.1. The molecule has 0 spiro atoms. The van der Waals surface area contributed by atoms with Gasteiger partial charge < -0.3 is 10.1 Å². The third kappa shape index (κ3) is 1.88. The molecule has 0 bridgehead atoms. The molecule has 3 aromatic rings. The molecule has 7 heteroatoms. The molecule has 0 aliphatic rings. The Morgan fingerprint density at radius 1 is 1.11 bits per heavy atom. The van der Waals surface area contributed by atoms with E-state index in [1.54, 1.807) is 0 Å². The lowest BCUT2D eigenvalue weighted by Crippen LogP contribution is -2.09. The van der Waals surface area contributed by atoms with Gasteiger partial charge in [0.1, 0.15) is 0 Å². The molecule has 0 aliphatic heterocycles. The van der Waals surface area contributed by atoms with Crippen molar-refractivity contribution in [3.05, 3.63) is 40.7 Å². The molecule has 0 fully saturated rings. The van der Waals surface area contributed by atoms with Gasteiger partial charge in [-0.05, 0) is 12.1 Å². The Bertz CT molecular complexity index is 728. The topological polar surface area (TPSA) is 107 Å². The molecule has 2 aromatic heterocycles. The van der Waals surface area contributed by atoms with Gasteiger partial charge in [0.15, 0.2) is 0 Å². The molecule has 18 heavy (non-hydrogen) atoms. The number of hydrogen-bond acceptors (Lipinski definition) is 5. The van der Waals surface area contributed by atoms with E-state index in [1.165, 1.54) is 0 Å². The molecule has 0 aliphatic carbocycles. The number of para-hydroxylation sites is 2. The summed E-state index contributed by atoms with van der Waals surface area (Å²) < 4.78 is 0. The standard InChI is InChI=1S/C11H9N5O2/c17-8-5-9(18)15-11(14-8)16-10-12-6-3-1-2-4-7(6)13-10/h1-5H,(H4,12,13,14,15,16,17,18). The maximum absolute atomic E-state index is 11.1. The fraction of sp³-hybridized carbons (Fsp3) is 0. The Labute approximate surface area is 101 Å². The first-order chi connectivity index (χ1) is 8.70. The Hall–Kier alpha value is -2.83. The molecule has 1 aromatic carbocycles. The van der Waals surface area contributed by atoms with E-state index in [9.17, 15) is 9.90 Å². The van der Waals surface area contributed by atoms with Crippen LogP contribution in [0.1, 0.15) is 0 Å². The summed E-state index contributed by atoms with van der Waals surface area (Å²) in [6, 6.07) is 8.49. The molecule has 0 saturated carbocycles. The first-order valence-corrected chi connectivity index (χ1v) is 5.23. The van der Waals surface area contributed by atoms with Crippen LogP contribution in [0.3, 0.4) is 0 Å². The summed E-state index contributed by atoms with van der Waals surface area (Å²) >= 11 is 0. The van der Waals surface area contributed by atoms with Gasteiger partial charge in [0.2, 0.25) is 17.8 Å². The van der Waals surface area contributed by atoms with E-state index in [2.05, 4.69) is 25.3 Å². The van der Waals surface area contributed by atoms with Gasteiger partial charge in [-0.25, -0.2) is 4.98 Å². The second kappa shape index (κ2) is 3.88. The highest BCUT2D eigenvalue weighted by molar-refractivity contribution is 5.77. The predicted octanol–water partition coefficient (Wildman–Crippen LogP) is 1.10. The predicted molar refractivity (Wildman–Crippen MR) is 65.9 cm³/mol. The van der Waals surface area contributed by atoms with Crippen molar-refractivity contribution in [1.82, 2.24) is 19.9 Å². The number of fused-ring (bicyclic) bond motifs is 1. The molecule has 2 heterocycles. The van der Waals surface area contributed by atoms with E-state index >= 15 is 0 Å². The van der Waals surface area contributed by atoms with Crippen LogP contribution in [0.5, 0.6) is 5.88 Å². The molecule has 4 N–H and O–H groups in total. The number of hydrogen-bond donors (Lipinski definition) is 4. The van der Waals surface area contributed by atoms with Gasteiger partial charge in [-0.2, -0.15) is 4.98 Å². The summed E-state index contributed by atoms with van der Waals surface area (Å²) in [7, 11) is 0. The smallest absolute Gasteiger partial charge is 0.256 e. The lowest BCUT2D eigenvalue weighted by molar-refractivity contribution is 0.452. The molecule has 7 nitrogen and oxygen atoms in total. The quantitative estimate of drug-likeness (QED) is 0.539. The molecule has 0 amide bonds. The van der Waals surface area contributed by atoms with Gasteiger partial charge in [-0.1, -0.05) is 12.1 Å². The fourth-order valence-electron chi connectivity index (χ4n) is 1.63. The summed E-state index contributed by atoms with van der Waals surface area (Å²) in [6.07, 6.45) is 0. The zero-order valence-corrected chi connectivity index (χ0v) is 9.14. The average molecular weight is 243 g/mol. The number of aromatic nitrogens is 4. The molecular weight excluding hydrogens is 234 g/mol. The summed E-state index contributed by atoms with van der Waals surface area (Å²) in [6.45, 7) is 0. The van der Waals surface area contributed by atoms with Crippen molar-refractivity contribution in [3.63, 3.8) is 0 Å².